The lowest BCUT2D eigenvalue weighted by Crippen LogP contribution is -2.08. The summed E-state index contributed by atoms with van der Waals surface area (Å²) in [5.74, 6) is 0.879. The Morgan fingerprint density at radius 2 is 2.10 bits per heavy atom. The lowest BCUT2D eigenvalue weighted by Gasteiger charge is -2.01. The van der Waals surface area contributed by atoms with Crippen molar-refractivity contribution in [3.63, 3.8) is 0 Å². The molecule has 0 saturated heterocycles. The van der Waals surface area contributed by atoms with Crippen LogP contribution in [0.25, 0.3) is 21.3 Å². The van der Waals surface area contributed by atoms with Gasteiger partial charge in [0.2, 0.25) is 0 Å². The van der Waals surface area contributed by atoms with E-state index < -0.39 is 0 Å². The molecule has 0 fully saturated rings. The number of thiophene rings is 1. The van der Waals surface area contributed by atoms with Crippen LogP contribution in [0.2, 0.25) is 5.02 Å². The molecule has 0 radical (unpaired) electrons. The highest BCUT2D eigenvalue weighted by Gasteiger charge is 2.12. The van der Waals surface area contributed by atoms with Crippen LogP contribution >= 0.6 is 34.7 Å². The van der Waals surface area contributed by atoms with Crippen molar-refractivity contribution in [2.24, 2.45) is 0 Å². The summed E-state index contributed by atoms with van der Waals surface area (Å²) >= 11 is 8.92. The minimum absolute atomic E-state index is 0.0860. The van der Waals surface area contributed by atoms with Gasteiger partial charge in [-0.25, -0.2) is 4.98 Å². The van der Waals surface area contributed by atoms with Crippen molar-refractivity contribution in [3.8, 4) is 11.1 Å². The summed E-state index contributed by atoms with van der Waals surface area (Å²) in [6.45, 7) is 2.03. The highest BCUT2D eigenvalue weighted by molar-refractivity contribution is 7.99. The zero-order chi connectivity index (χ0) is 14.1. The molecule has 0 amide bonds. The molecule has 102 valence electrons. The van der Waals surface area contributed by atoms with Crippen molar-refractivity contribution in [1.82, 2.24) is 9.97 Å². The number of nitrogens with one attached hydrogen (secondary N) is 1. The van der Waals surface area contributed by atoms with E-state index in [0.29, 0.717) is 15.6 Å². The van der Waals surface area contributed by atoms with Crippen molar-refractivity contribution >= 4 is 44.9 Å². The van der Waals surface area contributed by atoms with E-state index in [4.69, 9.17) is 11.6 Å². The van der Waals surface area contributed by atoms with Crippen LogP contribution in [0.1, 0.15) is 6.92 Å². The zero-order valence-electron chi connectivity index (χ0n) is 10.6. The Labute approximate surface area is 129 Å². The Hall–Kier alpha value is -1.30. The maximum Gasteiger partial charge on any atom is 0.260 e. The summed E-state index contributed by atoms with van der Waals surface area (Å²) in [7, 11) is 0. The van der Waals surface area contributed by atoms with Gasteiger partial charge >= 0.3 is 0 Å². The molecule has 0 aliphatic heterocycles. The average molecular weight is 323 g/mol. The second-order valence-corrected chi connectivity index (χ2v) is 6.69. The second-order valence-electron chi connectivity index (χ2n) is 4.14. The first kappa shape index (κ1) is 13.7. The molecule has 6 heteroatoms. The first-order valence-corrected chi connectivity index (χ1v) is 8.33. The predicted octanol–water partition coefficient (Wildman–Crippen LogP) is 4.42. The van der Waals surface area contributed by atoms with Gasteiger partial charge in [0.1, 0.15) is 4.83 Å². The normalized spacial score (nSPS) is 11.1. The van der Waals surface area contributed by atoms with E-state index in [1.165, 1.54) is 23.1 Å². The molecule has 0 unspecified atom stereocenters. The third kappa shape index (κ3) is 2.49. The maximum atomic E-state index is 12.3. The quantitative estimate of drug-likeness (QED) is 0.573. The Bertz CT molecular complexity index is 808. The SMILES string of the molecule is CCSc1nc2scc(-c3ccc(Cl)cc3)c2c(=O)[nH]1. The van der Waals surface area contributed by atoms with Crippen LogP contribution in [0.5, 0.6) is 0 Å². The first-order chi connectivity index (χ1) is 9.69. The van der Waals surface area contributed by atoms with Crippen LogP contribution in [-0.4, -0.2) is 15.7 Å². The Balaban J connectivity index is 2.18. The highest BCUT2D eigenvalue weighted by Crippen LogP contribution is 2.32. The molecule has 0 saturated carbocycles. The number of fused-ring (bicyclic) bond motifs is 1. The smallest absolute Gasteiger partial charge is 0.260 e. The van der Waals surface area contributed by atoms with Crippen molar-refractivity contribution in [2.45, 2.75) is 12.1 Å². The van der Waals surface area contributed by atoms with Gasteiger partial charge < -0.3 is 4.98 Å². The van der Waals surface area contributed by atoms with Crippen LogP contribution < -0.4 is 5.56 Å². The largest absolute Gasteiger partial charge is 0.301 e. The molecular weight excluding hydrogens is 312 g/mol. The number of H-pyrrole nitrogens is 1. The number of benzene rings is 1. The monoisotopic (exact) mass is 322 g/mol. The predicted molar refractivity (Wildman–Crippen MR) is 87.1 cm³/mol. The summed E-state index contributed by atoms with van der Waals surface area (Å²) < 4.78 is 0. The van der Waals surface area contributed by atoms with Gasteiger partial charge in [0.15, 0.2) is 5.16 Å². The van der Waals surface area contributed by atoms with E-state index in [1.807, 2.05) is 36.6 Å². The Morgan fingerprint density at radius 3 is 2.80 bits per heavy atom. The van der Waals surface area contributed by atoms with Gasteiger partial charge in [0.05, 0.1) is 5.39 Å². The third-order valence-electron chi connectivity index (χ3n) is 2.86. The topological polar surface area (TPSA) is 45.8 Å². The van der Waals surface area contributed by atoms with E-state index in [9.17, 15) is 4.79 Å². The van der Waals surface area contributed by atoms with Crippen LogP contribution in [0.15, 0.2) is 39.6 Å². The molecule has 3 aromatic rings. The zero-order valence-corrected chi connectivity index (χ0v) is 13.0. The maximum absolute atomic E-state index is 12.3. The molecular formula is C14H11ClN2OS2. The molecule has 0 aliphatic rings. The Kier molecular flexibility index (Phi) is 3.83. The van der Waals surface area contributed by atoms with Crippen LogP contribution in [-0.2, 0) is 0 Å². The first-order valence-electron chi connectivity index (χ1n) is 6.09. The van der Waals surface area contributed by atoms with Gasteiger partial charge in [-0.2, -0.15) is 0 Å². The molecule has 2 heterocycles. The van der Waals surface area contributed by atoms with E-state index >= 15 is 0 Å². The number of rotatable bonds is 3. The van der Waals surface area contributed by atoms with Gasteiger partial charge in [-0.15, -0.1) is 11.3 Å². The minimum Gasteiger partial charge on any atom is -0.301 e. The molecule has 3 rings (SSSR count). The van der Waals surface area contributed by atoms with Crippen molar-refractivity contribution < 1.29 is 0 Å². The highest BCUT2D eigenvalue weighted by atomic mass is 35.5. The van der Waals surface area contributed by atoms with Gasteiger partial charge in [0.25, 0.3) is 5.56 Å². The lowest BCUT2D eigenvalue weighted by molar-refractivity contribution is 0.981. The van der Waals surface area contributed by atoms with E-state index in [1.54, 1.807) is 0 Å². The molecule has 0 bridgehead atoms. The lowest BCUT2D eigenvalue weighted by atomic mass is 10.1. The molecule has 20 heavy (non-hydrogen) atoms. The molecule has 1 aromatic carbocycles. The van der Waals surface area contributed by atoms with E-state index in [0.717, 1.165) is 21.7 Å². The van der Waals surface area contributed by atoms with Crippen LogP contribution in [0, 0.1) is 0 Å². The fraction of sp³-hybridized carbons (Fsp3) is 0.143. The van der Waals surface area contributed by atoms with Gasteiger partial charge in [-0.05, 0) is 23.4 Å². The van der Waals surface area contributed by atoms with Gasteiger partial charge in [0, 0.05) is 16.0 Å². The second kappa shape index (κ2) is 5.60. The van der Waals surface area contributed by atoms with Crippen LogP contribution in [0.4, 0.5) is 0 Å². The van der Waals surface area contributed by atoms with Crippen molar-refractivity contribution in [1.29, 1.82) is 0 Å². The van der Waals surface area contributed by atoms with Gasteiger partial charge in [-0.1, -0.05) is 42.4 Å². The van der Waals surface area contributed by atoms with Crippen molar-refractivity contribution in [2.75, 3.05) is 5.75 Å². The summed E-state index contributed by atoms with van der Waals surface area (Å²) in [4.78, 5) is 20.4. The summed E-state index contributed by atoms with van der Waals surface area (Å²) in [6, 6.07) is 7.47. The Morgan fingerprint density at radius 1 is 1.35 bits per heavy atom. The van der Waals surface area contributed by atoms with Gasteiger partial charge in [-0.3, -0.25) is 4.79 Å². The summed E-state index contributed by atoms with van der Waals surface area (Å²) in [5.41, 5.74) is 1.80. The number of nitrogens with zero attached hydrogens (tertiary/aromatic N) is 1. The minimum atomic E-state index is -0.0860. The molecule has 0 aliphatic carbocycles. The van der Waals surface area contributed by atoms with Crippen LogP contribution in [0.3, 0.4) is 0 Å². The number of halogens is 1. The third-order valence-corrected chi connectivity index (χ3v) is 4.74. The standard InChI is InChI=1S/C14H11ClN2OS2/c1-2-19-14-16-12(18)11-10(7-20-13(11)17-14)8-3-5-9(15)6-4-8/h3-7H,2H2,1H3,(H,16,17,18). The average Bonchev–Trinajstić information content (AvgIpc) is 2.84. The number of aromatic amines is 1. The summed E-state index contributed by atoms with van der Waals surface area (Å²) in [6.07, 6.45) is 0. The molecule has 0 spiro atoms. The number of aromatic nitrogens is 2. The van der Waals surface area contributed by atoms with E-state index in [-0.39, 0.29) is 5.56 Å². The molecule has 3 nitrogen and oxygen atoms in total. The fourth-order valence-electron chi connectivity index (χ4n) is 1.98. The number of thioether (sulfide) groups is 1. The molecule has 1 N–H and O–H groups in total. The van der Waals surface area contributed by atoms with E-state index in [2.05, 4.69) is 9.97 Å². The van der Waals surface area contributed by atoms with Crippen molar-refractivity contribution in [3.05, 3.63) is 45.0 Å². The number of hydrogen-bond donors (Lipinski definition) is 1. The molecule has 0 atom stereocenters. The fourth-order valence-corrected chi connectivity index (χ4v) is 3.70. The molecule has 2 aromatic heterocycles. The summed E-state index contributed by atoms with van der Waals surface area (Å²) in [5, 5.41) is 3.98. The number of hydrogen-bond acceptors (Lipinski definition) is 4.